The predicted octanol–water partition coefficient (Wildman–Crippen LogP) is 2.21. The van der Waals surface area contributed by atoms with Crippen LogP contribution < -0.4 is 11.1 Å². The van der Waals surface area contributed by atoms with Gasteiger partial charge in [0.25, 0.3) is 0 Å². The maximum absolute atomic E-state index is 5.96. The predicted molar refractivity (Wildman–Crippen MR) is 72.4 cm³/mol. The Morgan fingerprint density at radius 1 is 1.50 bits per heavy atom. The van der Waals surface area contributed by atoms with E-state index in [-0.39, 0.29) is 5.60 Å². The summed E-state index contributed by atoms with van der Waals surface area (Å²) in [6, 6.07) is 0.371. The maximum Gasteiger partial charge on any atom is 0.152 e. The number of aromatic nitrogens is 2. The van der Waals surface area contributed by atoms with Gasteiger partial charge in [-0.1, -0.05) is 13.8 Å². The number of hydrogen-bond donors (Lipinski definition) is 2. The summed E-state index contributed by atoms with van der Waals surface area (Å²) in [5.74, 6) is 0.734. The number of anilines is 2. The lowest BCUT2D eigenvalue weighted by Gasteiger charge is -2.40. The van der Waals surface area contributed by atoms with E-state index in [9.17, 15) is 0 Å². The average Bonchev–Trinajstić information content (AvgIpc) is 2.41. The third-order valence-corrected chi connectivity index (χ3v) is 3.86. The first-order chi connectivity index (χ1) is 8.69. The molecular weight excluding hydrogens is 228 g/mol. The number of hydrogen-bond acceptors (Lipinski definition) is 5. The van der Waals surface area contributed by atoms with Crippen molar-refractivity contribution in [3.63, 3.8) is 0 Å². The fourth-order valence-electron chi connectivity index (χ4n) is 2.55. The lowest BCUT2D eigenvalue weighted by molar-refractivity contribution is -0.0864. The van der Waals surface area contributed by atoms with Gasteiger partial charge >= 0.3 is 0 Å². The van der Waals surface area contributed by atoms with Gasteiger partial charge < -0.3 is 15.8 Å². The molecule has 0 spiro atoms. The van der Waals surface area contributed by atoms with E-state index in [1.165, 1.54) is 6.33 Å². The van der Waals surface area contributed by atoms with E-state index >= 15 is 0 Å². The number of ether oxygens (including phenoxy) is 1. The molecule has 0 radical (unpaired) electrons. The Balaban J connectivity index is 2.04. The molecule has 5 nitrogen and oxygen atoms in total. The van der Waals surface area contributed by atoms with Gasteiger partial charge in [-0.3, -0.25) is 0 Å². The number of nitrogens with two attached hydrogens (primary N) is 1. The minimum atomic E-state index is 0.0116. The van der Waals surface area contributed by atoms with Gasteiger partial charge in [-0.15, -0.1) is 0 Å². The van der Waals surface area contributed by atoms with Crippen molar-refractivity contribution in [1.29, 1.82) is 0 Å². The molecule has 1 aliphatic rings. The van der Waals surface area contributed by atoms with Crippen LogP contribution in [0.1, 0.15) is 39.5 Å². The van der Waals surface area contributed by atoms with Crippen molar-refractivity contribution in [2.24, 2.45) is 0 Å². The van der Waals surface area contributed by atoms with E-state index in [1.807, 2.05) is 0 Å². The van der Waals surface area contributed by atoms with Crippen molar-refractivity contribution in [2.45, 2.75) is 51.2 Å². The topological polar surface area (TPSA) is 73.1 Å². The molecule has 18 heavy (non-hydrogen) atoms. The molecule has 1 fully saturated rings. The lowest BCUT2D eigenvalue weighted by Crippen LogP contribution is -2.43. The van der Waals surface area contributed by atoms with E-state index in [2.05, 4.69) is 29.1 Å². The maximum atomic E-state index is 5.96. The van der Waals surface area contributed by atoms with Crippen LogP contribution in [-0.2, 0) is 4.74 Å². The van der Waals surface area contributed by atoms with Gasteiger partial charge in [0.2, 0.25) is 0 Å². The molecule has 1 saturated heterocycles. The molecule has 2 rings (SSSR count). The highest BCUT2D eigenvalue weighted by atomic mass is 16.5. The number of nitrogens with zero attached hydrogens (tertiary/aromatic N) is 2. The van der Waals surface area contributed by atoms with E-state index in [0.717, 1.165) is 38.1 Å². The quantitative estimate of drug-likeness (QED) is 0.857. The molecule has 0 aromatic carbocycles. The first kappa shape index (κ1) is 13.1. The number of nitrogen functional groups attached to an aromatic ring is 1. The summed E-state index contributed by atoms with van der Waals surface area (Å²) >= 11 is 0. The fraction of sp³-hybridized carbons (Fsp3) is 0.692. The molecule has 1 unspecified atom stereocenters. The second-order valence-electron chi connectivity index (χ2n) is 4.90. The molecular formula is C13H22N4O. The summed E-state index contributed by atoms with van der Waals surface area (Å²) in [4.78, 5) is 8.08. The summed E-state index contributed by atoms with van der Waals surface area (Å²) in [5.41, 5.74) is 6.46. The average molecular weight is 250 g/mol. The van der Waals surface area contributed by atoms with Crippen LogP contribution in [0, 0.1) is 0 Å². The van der Waals surface area contributed by atoms with Crippen LogP contribution >= 0.6 is 0 Å². The molecule has 1 aromatic heterocycles. The third kappa shape index (κ3) is 2.72. The normalized spacial score (nSPS) is 22.7. The second kappa shape index (κ2) is 5.52. The fourth-order valence-corrected chi connectivity index (χ4v) is 2.55. The summed E-state index contributed by atoms with van der Waals surface area (Å²) in [7, 11) is 0. The highest BCUT2D eigenvalue weighted by molar-refractivity contribution is 5.59. The zero-order chi connectivity index (χ0) is 13.0. The molecule has 0 bridgehead atoms. The van der Waals surface area contributed by atoms with Crippen LogP contribution in [0.2, 0.25) is 0 Å². The molecule has 100 valence electrons. The van der Waals surface area contributed by atoms with Crippen LogP contribution in [0.4, 0.5) is 11.5 Å². The lowest BCUT2D eigenvalue weighted by atomic mass is 9.86. The molecule has 3 N–H and O–H groups in total. The summed E-state index contributed by atoms with van der Waals surface area (Å²) in [5, 5.41) is 3.42. The summed E-state index contributed by atoms with van der Waals surface area (Å²) in [6.07, 6.45) is 7.23. The summed E-state index contributed by atoms with van der Waals surface area (Å²) in [6.45, 7) is 5.17. The Kier molecular flexibility index (Phi) is 4.01. The van der Waals surface area contributed by atoms with E-state index in [1.54, 1.807) is 6.20 Å². The molecule has 0 amide bonds. The SMILES string of the molecule is CCC1(CC)CC(Nc2ncncc2N)CCO1. The van der Waals surface area contributed by atoms with Crippen LogP contribution in [0.5, 0.6) is 0 Å². The van der Waals surface area contributed by atoms with Crippen LogP contribution in [0.3, 0.4) is 0 Å². The Labute approximate surface area is 108 Å². The van der Waals surface area contributed by atoms with Crippen molar-refractivity contribution in [1.82, 2.24) is 9.97 Å². The van der Waals surface area contributed by atoms with Gasteiger partial charge in [0.15, 0.2) is 5.82 Å². The zero-order valence-electron chi connectivity index (χ0n) is 11.1. The Bertz CT molecular complexity index is 392. The number of rotatable bonds is 4. The van der Waals surface area contributed by atoms with Gasteiger partial charge in [-0.05, 0) is 25.7 Å². The molecule has 2 heterocycles. The van der Waals surface area contributed by atoms with E-state index < -0.39 is 0 Å². The van der Waals surface area contributed by atoms with E-state index in [0.29, 0.717) is 11.7 Å². The monoisotopic (exact) mass is 250 g/mol. The minimum Gasteiger partial charge on any atom is -0.394 e. The van der Waals surface area contributed by atoms with E-state index in [4.69, 9.17) is 10.5 Å². The van der Waals surface area contributed by atoms with Crippen molar-refractivity contribution in [3.8, 4) is 0 Å². The van der Waals surface area contributed by atoms with Gasteiger partial charge in [0, 0.05) is 12.6 Å². The minimum absolute atomic E-state index is 0.0116. The van der Waals surface area contributed by atoms with Gasteiger partial charge in [-0.2, -0.15) is 0 Å². The molecule has 0 saturated carbocycles. The molecule has 1 aliphatic heterocycles. The van der Waals surface area contributed by atoms with Gasteiger partial charge in [-0.25, -0.2) is 9.97 Å². The van der Waals surface area contributed by atoms with Crippen LogP contribution in [-0.4, -0.2) is 28.2 Å². The Morgan fingerprint density at radius 2 is 2.28 bits per heavy atom. The number of nitrogens with one attached hydrogen (secondary N) is 1. The van der Waals surface area contributed by atoms with Crippen LogP contribution in [0.25, 0.3) is 0 Å². The third-order valence-electron chi connectivity index (χ3n) is 3.86. The highest BCUT2D eigenvalue weighted by Gasteiger charge is 2.34. The molecule has 1 atom stereocenters. The first-order valence-corrected chi connectivity index (χ1v) is 6.65. The smallest absolute Gasteiger partial charge is 0.152 e. The Morgan fingerprint density at radius 3 is 2.94 bits per heavy atom. The van der Waals surface area contributed by atoms with Gasteiger partial charge in [0.05, 0.1) is 17.5 Å². The summed E-state index contributed by atoms with van der Waals surface area (Å²) < 4.78 is 5.96. The van der Waals surface area contributed by atoms with Crippen molar-refractivity contribution in [2.75, 3.05) is 17.7 Å². The van der Waals surface area contributed by atoms with Crippen LogP contribution in [0.15, 0.2) is 12.5 Å². The molecule has 1 aromatic rings. The molecule has 0 aliphatic carbocycles. The standard InChI is InChI=1S/C13H22N4O/c1-3-13(4-2)7-10(5-6-18-13)17-12-11(14)8-15-9-16-12/h8-10H,3-7,14H2,1-2H3,(H,15,16,17). The van der Waals surface area contributed by atoms with Crippen molar-refractivity contribution >= 4 is 11.5 Å². The highest BCUT2D eigenvalue weighted by Crippen LogP contribution is 2.32. The zero-order valence-corrected chi connectivity index (χ0v) is 11.1. The molecule has 5 heteroatoms. The van der Waals surface area contributed by atoms with Crippen molar-refractivity contribution in [3.05, 3.63) is 12.5 Å². The van der Waals surface area contributed by atoms with Crippen molar-refractivity contribution < 1.29 is 4.74 Å². The first-order valence-electron chi connectivity index (χ1n) is 6.65. The second-order valence-corrected chi connectivity index (χ2v) is 4.90. The van der Waals surface area contributed by atoms with Gasteiger partial charge in [0.1, 0.15) is 6.33 Å². The Hall–Kier alpha value is -1.36. The largest absolute Gasteiger partial charge is 0.394 e.